The van der Waals surface area contributed by atoms with Crippen LogP contribution in [0.5, 0.6) is 0 Å². The molecular weight excluding hydrogens is 203 g/mol. The molecule has 78 valence electrons. The van der Waals surface area contributed by atoms with Crippen molar-refractivity contribution in [1.29, 1.82) is 0 Å². The Hall–Kier alpha value is 0.150. The fourth-order valence-corrected chi connectivity index (χ4v) is 2.00. The summed E-state index contributed by atoms with van der Waals surface area (Å²) in [5, 5.41) is 26.6. The van der Waals surface area contributed by atoms with Crippen molar-refractivity contribution in [2.24, 2.45) is 0 Å². The third-order valence-electron chi connectivity index (χ3n) is 1.83. The minimum absolute atomic E-state index is 0.658. The zero-order valence-corrected chi connectivity index (χ0v) is 7.33. The summed E-state index contributed by atoms with van der Waals surface area (Å²) in [6, 6.07) is 0. The van der Waals surface area contributed by atoms with Crippen molar-refractivity contribution < 1.29 is 34.7 Å². The average molecular weight is 212 g/mol. The number of hydrogen-bond acceptors (Lipinski definition) is 7. The summed E-state index contributed by atoms with van der Waals surface area (Å²) in [6.45, 7) is -0.658. The van der Waals surface area contributed by atoms with Crippen LogP contribution < -0.4 is 14.7 Å². The molecule has 4 atom stereocenters. The van der Waals surface area contributed by atoms with E-state index in [0.29, 0.717) is 0 Å². The maximum Gasteiger partial charge on any atom is 0.178 e. The Morgan fingerprint density at radius 3 is 1.92 bits per heavy atom. The van der Waals surface area contributed by atoms with Crippen LogP contribution in [0, 0.1) is 0 Å². The summed E-state index contributed by atoms with van der Waals surface area (Å²) in [5.41, 5.74) is 0. The standard InChI is InChI=1S/C5H11O7P/c6-1-2-3(7)4(8)5(12-2)13(9,10)11/h2-8H,1H2,(H2,9,10,11)/p-2/t2-,3-,4-,5?/m1/s1. The lowest BCUT2D eigenvalue weighted by atomic mass is 10.2. The van der Waals surface area contributed by atoms with E-state index in [4.69, 9.17) is 15.3 Å². The molecule has 3 N–H and O–H groups in total. The lowest BCUT2D eigenvalue weighted by molar-refractivity contribution is -0.437. The molecule has 1 saturated heterocycles. The van der Waals surface area contributed by atoms with Crippen LogP contribution >= 0.6 is 7.94 Å². The molecule has 0 spiro atoms. The molecule has 1 aliphatic rings. The van der Waals surface area contributed by atoms with Crippen LogP contribution in [0.1, 0.15) is 0 Å². The van der Waals surface area contributed by atoms with E-state index in [2.05, 4.69) is 4.74 Å². The predicted octanol–water partition coefficient (Wildman–Crippen LogP) is -4.73. The zero-order valence-electron chi connectivity index (χ0n) is 6.44. The second-order valence-corrected chi connectivity index (χ2v) is 4.36. The summed E-state index contributed by atoms with van der Waals surface area (Å²) >= 11 is 0. The fraction of sp³-hybridized carbons (Fsp3) is 1.00. The second-order valence-electron chi connectivity index (χ2n) is 2.77. The average Bonchev–Trinajstić information content (AvgIpc) is 2.28. The molecule has 1 fully saturated rings. The first-order valence-corrected chi connectivity index (χ1v) is 5.13. The highest BCUT2D eigenvalue weighted by Crippen LogP contribution is 2.43. The summed E-state index contributed by atoms with van der Waals surface area (Å²) in [5.74, 6) is -1.97. The van der Waals surface area contributed by atoms with Crippen LogP contribution in [-0.4, -0.2) is 46.1 Å². The van der Waals surface area contributed by atoms with E-state index >= 15 is 0 Å². The minimum Gasteiger partial charge on any atom is -0.686 e. The Labute approximate surface area is 74.4 Å². The molecule has 0 amide bonds. The molecule has 7 nitrogen and oxygen atoms in total. The minimum atomic E-state index is -5.10. The Kier molecular flexibility index (Phi) is 3.21. The first kappa shape index (κ1) is 11.2. The topological polar surface area (TPSA) is 139 Å². The Bertz CT molecular complexity index is 180. The van der Waals surface area contributed by atoms with E-state index in [0.717, 1.165) is 0 Å². The van der Waals surface area contributed by atoms with Gasteiger partial charge in [-0.3, -0.25) is 0 Å². The molecule has 0 aromatic rings. The van der Waals surface area contributed by atoms with Crippen LogP contribution in [-0.2, 0) is 4.74 Å². The highest BCUT2D eigenvalue weighted by molar-refractivity contribution is 7.54. The van der Waals surface area contributed by atoms with Gasteiger partial charge in [0.2, 0.25) is 0 Å². The van der Waals surface area contributed by atoms with Crippen molar-refractivity contribution in [3.63, 3.8) is 0 Å². The maximum absolute atomic E-state index is 10.4. The van der Waals surface area contributed by atoms with Gasteiger partial charge >= 0.3 is 0 Å². The van der Waals surface area contributed by atoms with Gasteiger partial charge in [0.05, 0.1) is 6.61 Å². The van der Waals surface area contributed by atoms with Crippen molar-refractivity contribution >= 4 is 7.94 Å². The van der Waals surface area contributed by atoms with Gasteiger partial charge < -0.3 is 34.7 Å². The molecule has 0 aliphatic carbocycles. The van der Waals surface area contributed by atoms with Gasteiger partial charge in [0.15, 0.2) is 5.85 Å². The van der Waals surface area contributed by atoms with Crippen LogP contribution in [0.25, 0.3) is 0 Å². The van der Waals surface area contributed by atoms with Gasteiger partial charge in [-0.2, -0.15) is 0 Å². The molecule has 1 aliphatic heterocycles. The number of hydrogen-bond donors (Lipinski definition) is 3. The largest absolute Gasteiger partial charge is 0.686 e. The molecule has 0 aromatic carbocycles. The predicted molar refractivity (Wildman–Crippen MR) is 34.7 cm³/mol. The van der Waals surface area contributed by atoms with Gasteiger partial charge in [-0.25, -0.2) is 0 Å². The fourth-order valence-electron chi connectivity index (χ4n) is 1.14. The van der Waals surface area contributed by atoms with Gasteiger partial charge in [0.25, 0.3) is 0 Å². The van der Waals surface area contributed by atoms with E-state index in [1.165, 1.54) is 0 Å². The highest BCUT2D eigenvalue weighted by Gasteiger charge is 2.46. The lowest BCUT2D eigenvalue weighted by Crippen LogP contribution is -2.46. The number of rotatable bonds is 2. The maximum atomic E-state index is 10.4. The van der Waals surface area contributed by atoms with Gasteiger partial charge in [0, 0.05) is 0 Å². The Balaban J connectivity index is 2.71. The normalized spacial score (nSPS) is 41.1. The number of aliphatic hydroxyl groups is 3. The van der Waals surface area contributed by atoms with E-state index in [-0.39, 0.29) is 0 Å². The molecule has 1 heterocycles. The van der Waals surface area contributed by atoms with E-state index in [1.54, 1.807) is 0 Å². The van der Waals surface area contributed by atoms with Gasteiger partial charge in [0.1, 0.15) is 18.3 Å². The lowest BCUT2D eigenvalue weighted by Gasteiger charge is -2.46. The second kappa shape index (κ2) is 3.72. The van der Waals surface area contributed by atoms with Crippen molar-refractivity contribution in [2.75, 3.05) is 6.61 Å². The van der Waals surface area contributed by atoms with Crippen molar-refractivity contribution in [2.45, 2.75) is 24.2 Å². The summed E-state index contributed by atoms with van der Waals surface area (Å²) in [7, 11) is -5.10. The van der Waals surface area contributed by atoms with Gasteiger partial charge in [-0.1, -0.05) is 0 Å². The quantitative estimate of drug-likeness (QED) is 0.390. The van der Waals surface area contributed by atoms with Crippen LogP contribution in [0.2, 0.25) is 0 Å². The molecule has 0 saturated carbocycles. The molecule has 1 unspecified atom stereocenters. The third-order valence-corrected chi connectivity index (χ3v) is 2.88. The van der Waals surface area contributed by atoms with E-state index in [1.807, 2.05) is 0 Å². The zero-order chi connectivity index (χ0) is 10.2. The van der Waals surface area contributed by atoms with Crippen LogP contribution in [0.4, 0.5) is 0 Å². The Morgan fingerprint density at radius 2 is 1.69 bits per heavy atom. The molecule has 0 aromatic heterocycles. The van der Waals surface area contributed by atoms with Crippen molar-refractivity contribution in [3.8, 4) is 0 Å². The molecule has 1 rings (SSSR count). The first-order chi connectivity index (χ1) is 5.88. The number of aliphatic hydroxyl groups excluding tert-OH is 3. The highest BCUT2D eigenvalue weighted by atomic mass is 31.2. The number of ether oxygens (including phenoxy) is 1. The monoisotopic (exact) mass is 212 g/mol. The van der Waals surface area contributed by atoms with Crippen LogP contribution in [0.15, 0.2) is 0 Å². The Morgan fingerprint density at radius 1 is 1.15 bits per heavy atom. The molecule has 13 heavy (non-hydrogen) atoms. The molecule has 0 bridgehead atoms. The third kappa shape index (κ3) is 2.15. The summed E-state index contributed by atoms with van der Waals surface area (Å²) < 4.78 is 4.46. The van der Waals surface area contributed by atoms with Crippen LogP contribution in [0.3, 0.4) is 0 Å². The first-order valence-electron chi connectivity index (χ1n) is 3.52. The molecular formula is C5H9O7P-2. The van der Waals surface area contributed by atoms with Gasteiger partial charge in [-0.15, -0.1) is 7.94 Å². The summed E-state index contributed by atoms with van der Waals surface area (Å²) in [4.78, 5) is 31.3. The van der Waals surface area contributed by atoms with Crippen molar-refractivity contribution in [3.05, 3.63) is 0 Å². The van der Waals surface area contributed by atoms with Gasteiger partial charge in [-0.05, 0) is 0 Å². The molecule has 0 radical (unpaired) electrons. The molecule has 8 heteroatoms. The van der Waals surface area contributed by atoms with E-state index in [9.17, 15) is 14.7 Å². The van der Waals surface area contributed by atoms with E-state index < -0.39 is 38.7 Å². The summed E-state index contributed by atoms with van der Waals surface area (Å²) in [6.07, 6.45) is -4.57. The SMILES string of the molecule is [O-][P+]([O-])([O-])C1O[C@H](CO)[C@@H](O)[C@H]1O. The smallest absolute Gasteiger partial charge is 0.178 e. The van der Waals surface area contributed by atoms with Crippen molar-refractivity contribution in [1.82, 2.24) is 0 Å².